The van der Waals surface area contributed by atoms with Gasteiger partial charge in [-0.1, -0.05) is 30.3 Å². The van der Waals surface area contributed by atoms with Gasteiger partial charge >= 0.3 is 0 Å². The summed E-state index contributed by atoms with van der Waals surface area (Å²) in [4.78, 5) is 31.6. The van der Waals surface area contributed by atoms with Crippen LogP contribution in [0, 0.1) is 0 Å². The lowest BCUT2D eigenvalue weighted by Gasteiger charge is -2.34. The number of ether oxygens (including phenoxy) is 1. The number of aryl methyl sites for hydroxylation is 2. The third kappa shape index (κ3) is 5.34. The molecule has 0 aliphatic carbocycles. The van der Waals surface area contributed by atoms with Crippen LogP contribution in [-0.2, 0) is 34.3 Å². The average molecular weight is 396 g/mol. The van der Waals surface area contributed by atoms with Crippen molar-refractivity contribution in [1.82, 2.24) is 14.5 Å². The molecule has 1 aromatic carbocycles. The van der Waals surface area contributed by atoms with Crippen LogP contribution in [0.4, 0.5) is 0 Å². The van der Waals surface area contributed by atoms with Crippen molar-refractivity contribution < 1.29 is 14.3 Å². The molecule has 0 unspecified atom stereocenters. The summed E-state index contributed by atoms with van der Waals surface area (Å²) in [5.41, 5.74) is 0.548. The molecule has 1 aliphatic rings. The number of allylic oxidation sites excluding steroid dienone is 1. The van der Waals surface area contributed by atoms with Gasteiger partial charge in [-0.3, -0.25) is 9.59 Å². The second-order valence-corrected chi connectivity index (χ2v) is 8.27. The minimum absolute atomic E-state index is 0.0518. The lowest BCUT2D eigenvalue weighted by Crippen LogP contribution is -2.43. The summed E-state index contributed by atoms with van der Waals surface area (Å²) in [7, 11) is 1.91. The number of carbonyl (C=O) groups excluding carboxylic acids is 2. The second-order valence-electron chi connectivity index (χ2n) is 8.27. The van der Waals surface area contributed by atoms with Crippen molar-refractivity contribution >= 4 is 11.7 Å². The number of ketones is 1. The van der Waals surface area contributed by atoms with Gasteiger partial charge in [0, 0.05) is 38.0 Å². The van der Waals surface area contributed by atoms with Gasteiger partial charge < -0.3 is 14.2 Å². The summed E-state index contributed by atoms with van der Waals surface area (Å²) < 4.78 is 7.77. The number of rotatable bonds is 7. The number of hydrogen-bond acceptors (Lipinski definition) is 4. The third-order valence-corrected chi connectivity index (χ3v) is 5.21. The summed E-state index contributed by atoms with van der Waals surface area (Å²) in [6.07, 6.45) is 6.84. The molecule has 6 heteroatoms. The molecule has 2 heterocycles. The highest BCUT2D eigenvalue weighted by Crippen LogP contribution is 2.27. The second kappa shape index (κ2) is 8.64. The maximum Gasteiger partial charge on any atom is 0.289 e. The van der Waals surface area contributed by atoms with Gasteiger partial charge in [-0.2, -0.15) is 0 Å². The van der Waals surface area contributed by atoms with Gasteiger partial charge in [-0.25, -0.2) is 4.98 Å². The van der Waals surface area contributed by atoms with E-state index in [0.29, 0.717) is 6.54 Å². The van der Waals surface area contributed by atoms with Crippen molar-refractivity contribution in [3.8, 4) is 0 Å². The molecule has 0 radical (unpaired) electrons. The van der Waals surface area contributed by atoms with E-state index >= 15 is 0 Å². The highest BCUT2D eigenvalue weighted by molar-refractivity contribution is 6.01. The summed E-state index contributed by atoms with van der Waals surface area (Å²) >= 11 is 0. The summed E-state index contributed by atoms with van der Waals surface area (Å²) in [6, 6.07) is 10.2. The Morgan fingerprint density at radius 1 is 1.31 bits per heavy atom. The monoisotopic (exact) mass is 395 g/mol. The lowest BCUT2D eigenvalue weighted by molar-refractivity contribution is -0.140. The van der Waals surface area contributed by atoms with E-state index in [4.69, 9.17) is 4.74 Å². The molecule has 0 saturated carbocycles. The summed E-state index contributed by atoms with van der Waals surface area (Å²) in [5, 5.41) is 0. The first-order valence-corrected chi connectivity index (χ1v) is 10.00. The van der Waals surface area contributed by atoms with Crippen LogP contribution < -0.4 is 0 Å². The first kappa shape index (κ1) is 20.8. The Labute approximate surface area is 172 Å². The fourth-order valence-corrected chi connectivity index (χ4v) is 3.53. The summed E-state index contributed by atoms with van der Waals surface area (Å²) in [5.74, 6) is 0.548. The van der Waals surface area contributed by atoms with Gasteiger partial charge in [0.2, 0.25) is 0 Å². The van der Waals surface area contributed by atoms with E-state index < -0.39 is 5.60 Å². The normalized spacial score (nSPS) is 16.7. The van der Waals surface area contributed by atoms with Crippen LogP contribution in [0.3, 0.4) is 0 Å². The largest absolute Gasteiger partial charge is 0.481 e. The maximum absolute atomic E-state index is 13.4. The topological polar surface area (TPSA) is 64.4 Å². The van der Waals surface area contributed by atoms with Gasteiger partial charge in [0.1, 0.15) is 11.4 Å². The number of nitrogens with zero attached hydrogens (tertiary/aromatic N) is 3. The molecule has 0 spiro atoms. The number of hydrogen-bond donors (Lipinski definition) is 0. The molecule has 29 heavy (non-hydrogen) atoms. The zero-order valence-corrected chi connectivity index (χ0v) is 17.6. The quantitative estimate of drug-likeness (QED) is 0.721. The molecule has 1 aliphatic heterocycles. The van der Waals surface area contributed by atoms with Gasteiger partial charge in [0.05, 0.1) is 6.54 Å². The van der Waals surface area contributed by atoms with E-state index in [-0.39, 0.29) is 29.9 Å². The fourth-order valence-electron chi connectivity index (χ4n) is 3.53. The van der Waals surface area contributed by atoms with Crippen LogP contribution in [0.2, 0.25) is 0 Å². The van der Waals surface area contributed by atoms with Gasteiger partial charge in [0.25, 0.3) is 5.91 Å². The van der Waals surface area contributed by atoms with Crippen LogP contribution in [0.1, 0.15) is 45.0 Å². The molecule has 6 nitrogen and oxygen atoms in total. The Balaban J connectivity index is 1.81. The molecule has 2 aromatic rings. The Hall–Kier alpha value is -2.89. The molecule has 1 atom stereocenters. The van der Waals surface area contributed by atoms with Crippen molar-refractivity contribution in [2.24, 2.45) is 7.05 Å². The van der Waals surface area contributed by atoms with E-state index in [1.165, 1.54) is 11.6 Å². The lowest BCUT2D eigenvalue weighted by atomic mass is 9.98. The molecular weight excluding hydrogens is 366 g/mol. The Bertz CT molecular complexity index is 899. The Kier molecular flexibility index (Phi) is 6.20. The number of benzene rings is 1. The molecule has 1 aromatic heterocycles. The molecule has 1 amide bonds. The molecule has 3 rings (SSSR count). The molecule has 0 fully saturated rings. The predicted molar refractivity (Wildman–Crippen MR) is 111 cm³/mol. The smallest absolute Gasteiger partial charge is 0.289 e. The summed E-state index contributed by atoms with van der Waals surface area (Å²) in [6.45, 7) is 6.04. The van der Waals surface area contributed by atoms with E-state index in [0.717, 1.165) is 18.7 Å². The third-order valence-electron chi connectivity index (χ3n) is 5.21. The van der Waals surface area contributed by atoms with Gasteiger partial charge in [-0.05, 0) is 39.2 Å². The number of carbonyl (C=O) groups is 2. The van der Waals surface area contributed by atoms with Crippen LogP contribution in [0.15, 0.2) is 54.6 Å². The molecule has 0 saturated heterocycles. The van der Waals surface area contributed by atoms with Crippen LogP contribution in [0.25, 0.3) is 0 Å². The highest BCUT2D eigenvalue weighted by atomic mass is 16.5. The van der Waals surface area contributed by atoms with E-state index in [1.54, 1.807) is 11.1 Å². The fraction of sp³-hybridized carbons (Fsp3) is 0.435. The van der Waals surface area contributed by atoms with Gasteiger partial charge in [0.15, 0.2) is 11.5 Å². The predicted octanol–water partition coefficient (Wildman–Crippen LogP) is 3.42. The first-order valence-electron chi connectivity index (χ1n) is 10.00. The van der Waals surface area contributed by atoms with Crippen LogP contribution in [-0.4, -0.2) is 37.8 Å². The van der Waals surface area contributed by atoms with Crippen molar-refractivity contribution in [1.29, 1.82) is 0 Å². The van der Waals surface area contributed by atoms with Crippen molar-refractivity contribution in [3.05, 3.63) is 65.9 Å². The minimum Gasteiger partial charge on any atom is -0.481 e. The minimum atomic E-state index is -0.682. The zero-order chi connectivity index (χ0) is 21.0. The van der Waals surface area contributed by atoms with Crippen LogP contribution >= 0.6 is 0 Å². The zero-order valence-electron chi connectivity index (χ0n) is 17.6. The molecule has 0 N–H and O–H groups in total. The standard InChI is InChI=1S/C23H29N3O3/c1-17(10-11-18-8-6-5-7-9-18)26(16-21-24-12-13-25(21)4)22(28)20-14-19(27)15-23(2,3)29-20/h5-9,12-14,17H,10-11,15-16H2,1-4H3/t17-/m1/s1. The van der Waals surface area contributed by atoms with Crippen molar-refractivity contribution in [2.45, 2.75) is 58.2 Å². The first-order chi connectivity index (χ1) is 13.7. The van der Waals surface area contributed by atoms with Crippen LogP contribution in [0.5, 0.6) is 0 Å². The molecule has 154 valence electrons. The van der Waals surface area contributed by atoms with Gasteiger partial charge in [-0.15, -0.1) is 0 Å². The number of amides is 1. The van der Waals surface area contributed by atoms with Crippen molar-refractivity contribution in [3.63, 3.8) is 0 Å². The number of imidazole rings is 1. The molecule has 0 bridgehead atoms. The SMILES string of the molecule is C[C@H](CCc1ccccc1)N(Cc1nccn1C)C(=O)C1=CC(=O)CC(C)(C)O1. The van der Waals surface area contributed by atoms with E-state index in [2.05, 4.69) is 17.1 Å². The van der Waals surface area contributed by atoms with E-state index in [1.807, 2.05) is 56.8 Å². The maximum atomic E-state index is 13.4. The molecular formula is C23H29N3O3. The average Bonchev–Trinajstić information content (AvgIpc) is 3.07. The van der Waals surface area contributed by atoms with Crippen molar-refractivity contribution in [2.75, 3.05) is 0 Å². The Morgan fingerprint density at radius 2 is 2.03 bits per heavy atom. The Morgan fingerprint density at radius 3 is 2.66 bits per heavy atom. The highest BCUT2D eigenvalue weighted by Gasteiger charge is 2.35. The van der Waals surface area contributed by atoms with E-state index in [9.17, 15) is 9.59 Å². The number of aromatic nitrogens is 2.